The minimum Gasteiger partial charge on any atom is -0.382 e. The summed E-state index contributed by atoms with van der Waals surface area (Å²) in [6.45, 7) is 4.60. The minimum atomic E-state index is -3.72. The smallest absolute Gasteiger partial charge is 0.323 e. The first-order valence-electron chi connectivity index (χ1n) is 11.7. The van der Waals surface area contributed by atoms with E-state index in [-0.39, 0.29) is 23.0 Å². The molecule has 0 radical (unpaired) electrons. The second-order valence-electron chi connectivity index (χ2n) is 8.05. The minimum absolute atomic E-state index is 0.0622. The molecule has 208 valence electrons. The van der Waals surface area contributed by atoms with Gasteiger partial charge in [0.15, 0.2) is 0 Å². The SMILES string of the molecule is CCS(=O)(=O)Oc1cccc(NC(=O)Nc2cccc(NC(=O)Nc3cccc(OS(=O)(=O)CC)c3)c2C)c1. The van der Waals surface area contributed by atoms with Crippen LogP contribution in [0.4, 0.5) is 32.3 Å². The molecule has 0 atom stereocenters. The van der Waals surface area contributed by atoms with E-state index < -0.39 is 32.3 Å². The van der Waals surface area contributed by atoms with Crippen LogP contribution in [0.25, 0.3) is 0 Å². The Morgan fingerprint density at radius 2 is 1.03 bits per heavy atom. The predicted octanol–water partition coefficient (Wildman–Crippen LogP) is 4.74. The number of urea groups is 2. The van der Waals surface area contributed by atoms with Gasteiger partial charge in [-0.1, -0.05) is 18.2 Å². The van der Waals surface area contributed by atoms with Crippen molar-refractivity contribution in [3.63, 3.8) is 0 Å². The maximum Gasteiger partial charge on any atom is 0.323 e. The summed E-state index contributed by atoms with van der Waals surface area (Å²) in [5.41, 5.74) is 1.99. The summed E-state index contributed by atoms with van der Waals surface area (Å²) in [7, 11) is -7.43. The van der Waals surface area contributed by atoms with E-state index in [2.05, 4.69) is 21.3 Å². The van der Waals surface area contributed by atoms with E-state index >= 15 is 0 Å². The molecular weight excluding hydrogens is 548 g/mol. The maximum atomic E-state index is 12.6. The largest absolute Gasteiger partial charge is 0.382 e. The van der Waals surface area contributed by atoms with Crippen molar-refractivity contribution in [1.82, 2.24) is 0 Å². The Labute approximate surface area is 227 Å². The molecule has 3 aromatic carbocycles. The molecule has 4 amide bonds. The number of nitrogens with one attached hydrogen (secondary N) is 4. The highest BCUT2D eigenvalue weighted by Crippen LogP contribution is 2.25. The summed E-state index contributed by atoms with van der Waals surface area (Å²) in [5.74, 6) is -0.271. The van der Waals surface area contributed by atoms with Crippen molar-refractivity contribution in [2.45, 2.75) is 20.8 Å². The first-order chi connectivity index (χ1) is 18.4. The van der Waals surface area contributed by atoms with Crippen molar-refractivity contribution in [3.8, 4) is 11.5 Å². The zero-order valence-corrected chi connectivity index (χ0v) is 23.0. The van der Waals surface area contributed by atoms with E-state index in [0.29, 0.717) is 28.3 Å². The quantitative estimate of drug-likeness (QED) is 0.251. The zero-order valence-electron chi connectivity index (χ0n) is 21.3. The number of hydrogen-bond acceptors (Lipinski definition) is 8. The molecule has 3 rings (SSSR count). The number of carbonyl (C=O) groups excluding carboxylic acids is 2. The average Bonchev–Trinajstić information content (AvgIpc) is 2.86. The standard InChI is InChI=1S/C25H28N4O8S2/c1-4-38(32,33)36-20-11-6-9-18(15-20)26-24(30)28-22-13-8-14-23(17(22)3)29-25(31)27-19-10-7-12-21(16-19)37-39(34,35)5-2/h6-16H,4-5H2,1-3H3,(H2,26,28,30)(H2,27,29,31). The molecule has 0 spiro atoms. The summed E-state index contributed by atoms with van der Waals surface area (Å²) >= 11 is 0. The molecule has 0 unspecified atom stereocenters. The van der Waals surface area contributed by atoms with E-state index in [1.807, 2.05) is 0 Å². The normalized spacial score (nSPS) is 11.3. The maximum absolute atomic E-state index is 12.6. The van der Waals surface area contributed by atoms with Gasteiger partial charge in [0.05, 0.1) is 11.5 Å². The van der Waals surface area contributed by atoms with E-state index in [0.717, 1.165) is 0 Å². The van der Waals surface area contributed by atoms with Gasteiger partial charge in [0.2, 0.25) is 0 Å². The van der Waals surface area contributed by atoms with Crippen molar-refractivity contribution in [1.29, 1.82) is 0 Å². The Morgan fingerprint density at radius 3 is 1.41 bits per heavy atom. The van der Waals surface area contributed by atoms with Gasteiger partial charge in [0, 0.05) is 34.9 Å². The topological polar surface area (TPSA) is 169 Å². The third-order valence-corrected chi connectivity index (χ3v) is 7.47. The molecule has 0 fully saturated rings. The van der Waals surface area contributed by atoms with E-state index in [1.165, 1.54) is 50.2 Å². The van der Waals surface area contributed by atoms with Crippen LogP contribution in [0.1, 0.15) is 19.4 Å². The summed E-state index contributed by atoms with van der Waals surface area (Å²) in [6, 6.07) is 15.6. The van der Waals surface area contributed by atoms with Gasteiger partial charge in [0.1, 0.15) is 11.5 Å². The van der Waals surface area contributed by atoms with Crippen LogP contribution in [-0.2, 0) is 20.2 Å². The molecule has 0 aromatic heterocycles. The Hall–Kier alpha value is -4.30. The lowest BCUT2D eigenvalue weighted by atomic mass is 10.1. The molecule has 0 aliphatic rings. The first-order valence-corrected chi connectivity index (χ1v) is 14.8. The van der Waals surface area contributed by atoms with Crippen molar-refractivity contribution < 1.29 is 34.8 Å². The molecule has 0 aliphatic heterocycles. The average molecular weight is 577 g/mol. The van der Waals surface area contributed by atoms with Gasteiger partial charge in [0.25, 0.3) is 0 Å². The molecule has 3 aromatic rings. The Morgan fingerprint density at radius 1 is 0.641 bits per heavy atom. The Balaban J connectivity index is 1.64. The van der Waals surface area contributed by atoms with Crippen LogP contribution >= 0.6 is 0 Å². The summed E-state index contributed by atoms with van der Waals surface area (Å²) in [6.07, 6.45) is 0. The number of rotatable bonds is 10. The molecule has 0 heterocycles. The van der Waals surface area contributed by atoms with Gasteiger partial charge in [-0.2, -0.15) is 16.8 Å². The van der Waals surface area contributed by atoms with Gasteiger partial charge >= 0.3 is 32.3 Å². The van der Waals surface area contributed by atoms with Crippen LogP contribution in [0, 0.1) is 6.92 Å². The van der Waals surface area contributed by atoms with Gasteiger partial charge in [-0.3, -0.25) is 0 Å². The van der Waals surface area contributed by atoms with Crippen LogP contribution in [0.15, 0.2) is 66.7 Å². The summed E-state index contributed by atoms with van der Waals surface area (Å²) in [4.78, 5) is 25.2. The third kappa shape index (κ3) is 8.90. The number of amides is 4. The fraction of sp³-hybridized carbons (Fsp3) is 0.200. The van der Waals surface area contributed by atoms with Crippen molar-refractivity contribution >= 4 is 55.0 Å². The molecule has 14 heteroatoms. The third-order valence-electron chi connectivity index (χ3n) is 5.17. The monoisotopic (exact) mass is 576 g/mol. The molecule has 0 bridgehead atoms. The van der Waals surface area contributed by atoms with Crippen LogP contribution in [0.5, 0.6) is 11.5 Å². The van der Waals surface area contributed by atoms with Gasteiger partial charge in [-0.05, 0) is 62.7 Å². The Bertz CT molecular complexity index is 1460. The summed E-state index contributed by atoms with van der Waals surface area (Å²) < 4.78 is 56.7. The molecule has 12 nitrogen and oxygen atoms in total. The molecule has 0 saturated carbocycles. The number of carbonyl (C=O) groups is 2. The molecule has 4 N–H and O–H groups in total. The van der Waals surface area contributed by atoms with Crippen LogP contribution in [0.3, 0.4) is 0 Å². The van der Waals surface area contributed by atoms with Crippen LogP contribution < -0.4 is 29.6 Å². The van der Waals surface area contributed by atoms with Gasteiger partial charge < -0.3 is 29.6 Å². The molecular formula is C25H28N4O8S2. The second-order valence-corrected chi connectivity index (χ2v) is 11.8. The van der Waals surface area contributed by atoms with Crippen molar-refractivity contribution in [3.05, 3.63) is 72.3 Å². The molecule has 0 aliphatic carbocycles. The highest BCUT2D eigenvalue weighted by molar-refractivity contribution is 7.87. The second kappa shape index (κ2) is 12.5. The fourth-order valence-electron chi connectivity index (χ4n) is 3.14. The van der Waals surface area contributed by atoms with Crippen LogP contribution in [0.2, 0.25) is 0 Å². The fourth-order valence-corrected chi connectivity index (χ4v) is 4.17. The van der Waals surface area contributed by atoms with E-state index in [4.69, 9.17) is 8.37 Å². The number of hydrogen-bond donors (Lipinski definition) is 4. The predicted molar refractivity (Wildman–Crippen MR) is 150 cm³/mol. The zero-order chi connectivity index (χ0) is 28.6. The first kappa shape index (κ1) is 29.3. The lowest BCUT2D eigenvalue weighted by Crippen LogP contribution is -2.22. The van der Waals surface area contributed by atoms with Crippen molar-refractivity contribution in [2.24, 2.45) is 0 Å². The van der Waals surface area contributed by atoms with E-state index in [9.17, 15) is 26.4 Å². The van der Waals surface area contributed by atoms with Gasteiger partial charge in [-0.15, -0.1) is 0 Å². The van der Waals surface area contributed by atoms with Crippen LogP contribution in [-0.4, -0.2) is 40.4 Å². The Kier molecular flexibility index (Phi) is 9.37. The highest BCUT2D eigenvalue weighted by atomic mass is 32.2. The van der Waals surface area contributed by atoms with Gasteiger partial charge in [-0.25, -0.2) is 9.59 Å². The molecule has 0 saturated heterocycles. The number of benzene rings is 3. The van der Waals surface area contributed by atoms with Crippen molar-refractivity contribution in [2.75, 3.05) is 32.8 Å². The summed E-state index contributed by atoms with van der Waals surface area (Å²) in [5, 5.41) is 10.6. The molecule has 39 heavy (non-hydrogen) atoms. The highest BCUT2D eigenvalue weighted by Gasteiger charge is 2.14. The number of anilines is 4. The van der Waals surface area contributed by atoms with E-state index in [1.54, 1.807) is 37.3 Å². The lowest BCUT2D eigenvalue weighted by molar-refractivity contribution is 0.261. The lowest BCUT2D eigenvalue weighted by Gasteiger charge is -2.15.